The summed E-state index contributed by atoms with van der Waals surface area (Å²) in [6.45, 7) is 4.02. The number of aryl methyl sites for hydroxylation is 2. The fourth-order valence-corrected chi connectivity index (χ4v) is 2.69. The molecule has 3 rings (SSSR count). The second kappa shape index (κ2) is 6.07. The van der Waals surface area contributed by atoms with Crippen LogP contribution < -0.4 is 5.32 Å². The van der Waals surface area contributed by atoms with Gasteiger partial charge in [-0.1, -0.05) is 17.7 Å². The Bertz CT molecular complexity index is 809. The summed E-state index contributed by atoms with van der Waals surface area (Å²) in [5.74, 6) is 0.626. The molecule has 2 aromatic heterocycles. The van der Waals surface area contributed by atoms with Crippen LogP contribution in [-0.2, 0) is 6.54 Å². The van der Waals surface area contributed by atoms with Gasteiger partial charge in [0.15, 0.2) is 0 Å². The number of hydrogen-bond donors (Lipinski definition) is 1. The topological polar surface area (TPSA) is 80.9 Å². The van der Waals surface area contributed by atoms with Crippen LogP contribution in [0.25, 0.3) is 10.8 Å². The Morgan fingerprint density at radius 2 is 2.18 bits per heavy atom. The van der Waals surface area contributed by atoms with Gasteiger partial charge in [0.25, 0.3) is 11.8 Å². The number of amides is 1. The maximum atomic E-state index is 12.1. The van der Waals surface area contributed by atoms with Gasteiger partial charge in [-0.3, -0.25) is 4.79 Å². The van der Waals surface area contributed by atoms with E-state index >= 15 is 0 Å². The van der Waals surface area contributed by atoms with Crippen molar-refractivity contribution in [2.45, 2.75) is 20.4 Å². The third-order valence-electron chi connectivity index (χ3n) is 3.09. The highest BCUT2D eigenvalue weighted by atomic mass is 32.1. The zero-order valence-corrected chi connectivity index (χ0v) is 13.0. The number of carbonyl (C=O) groups is 1. The molecule has 0 spiro atoms. The Hall–Kier alpha value is -2.54. The molecule has 0 bridgehead atoms. The Kier molecular flexibility index (Phi) is 3.97. The van der Waals surface area contributed by atoms with Crippen LogP contribution in [0.1, 0.15) is 27.5 Å². The Morgan fingerprint density at radius 3 is 2.91 bits per heavy atom. The van der Waals surface area contributed by atoms with Gasteiger partial charge in [0, 0.05) is 5.56 Å². The summed E-state index contributed by atoms with van der Waals surface area (Å²) in [7, 11) is 0. The highest BCUT2D eigenvalue weighted by Crippen LogP contribution is 2.25. The predicted octanol–water partition coefficient (Wildman–Crippen LogP) is 2.74. The highest BCUT2D eigenvalue weighted by Gasteiger charge is 2.14. The summed E-state index contributed by atoms with van der Waals surface area (Å²) in [6.07, 6.45) is 0. The largest absolute Gasteiger partial charge is 0.418 e. The lowest BCUT2D eigenvalue weighted by Crippen LogP contribution is -2.22. The standard InChI is InChI=1S/C15H14N4O2S/c1-9-4-3-5-11(6-9)14(20)16-7-12-18-19-15(21-12)13-10(2)17-8-22-13/h3-6,8H,7H2,1-2H3,(H,16,20). The number of nitrogens with one attached hydrogen (secondary N) is 1. The van der Waals surface area contributed by atoms with Crippen molar-refractivity contribution in [3.63, 3.8) is 0 Å². The van der Waals surface area contributed by atoms with Gasteiger partial charge in [0.05, 0.1) is 17.7 Å². The molecule has 3 aromatic rings. The minimum Gasteiger partial charge on any atom is -0.418 e. The molecule has 0 saturated carbocycles. The number of benzene rings is 1. The number of nitrogens with zero attached hydrogens (tertiary/aromatic N) is 3. The molecule has 0 aliphatic heterocycles. The first kappa shape index (κ1) is 14.4. The van der Waals surface area contributed by atoms with Crippen LogP contribution in [0.5, 0.6) is 0 Å². The van der Waals surface area contributed by atoms with Crippen molar-refractivity contribution in [2.75, 3.05) is 0 Å². The average molecular weight is 314 g/mol. The van der Waals surface area contributed by atoms with Gasteiger partial charge in [-0.05, 0) is 26.0 Å². The summed E-state index contributed by atoms with van der Waals surface area (Å²) < 4.78 is 5.55. The van der Waals surface area contributed by atoms with Crippen molar-refractivity contribution in [1.29, 1.82) is 0 Å². The number of rotatable bonds is 4. The van der Waals surface area contributed by atoms with E-state index in [4.69, 9.17) is 4.42 Å². The van der Waals surface area contributed by atoms with E-state index in [1.165, 1.54) is 11.3 Å². The maximum absolute atomic E-state index is 12.1. The molecule has 1 amide bonds. The normalized spacial score (nSPS) is 10.6. The minimum atomic E-state index is -0.169. The zero-order chi connectivity index (χ0) is 15.5. The molecular weight excluding hydrogens is 300 g/mol. The molecule has 0 aliphatic carbocycles. The number of hydrogen-bond acceptors (Lipinski definition) is 6. The van der Waals surface area contributed by atoms with Crippen LogP contribution in [0.4, 0.5) is 0 Å². The van der Waals surface area contributed by atoms with E-state index in [1.54, 1.807) is 11.6 Å². The van der Waals surface area contributed by atoms with Crippen molar-refractivity contribution < 1.29 is 9.21 Å². The van der Waals surface area contributed by atoms with Crippen molar-refractivity contribution in [3.8, 4) is 10.8 Å². The first-order valence-corrected chi connectivity index (χ1v) is 7.59. The SMILES string of the molecule is Cc1cccc(C(=O)NCc2nnc(-c3scnc3C)o2)c1. The minimum absolute atomic E-state index is 0.169. The van der Waals surface area contributed by atoms with E-state index in [0.717, 1.165) is 16.1 Å². The first-order valence-electron chi connectivity index (χ1n) is 6.71. The third kappa shape index (κ3) is 3.04. The second-order valence-corrected chi connectivity index (χ2v) is 5.67. The predicted molar refractivity (Wildman–Crippen MR) is 82.5 cm³/mol. The summed E-state index contributed by atoms with van der Waals surface area (Å²) in [5.41, 5.74) is 4.23. The molecule has 22 heavy (non-hydrogen) atoms. The van der Waals surface area contributed by atoms with Gasteiger partial charge in [0.1, 0.15) is 4.88 Å². The molecule has 2 heterocycles. The van der Waals surface area contributed by atoms with Crippen LogP contribution in [0.2, 0.25) is 0 Å². The molecule has 1 aromatic carbocycles. The van der Waals surface area contributed by atoms with Crippen LogP contribution in [0.15, 0.2) is 34.2 Å². The van der Waals surface area contributed by atoms with Gasteiger partial charge >= 0.3 is 0 Å². The van der Waals surface area contributed by atoms with Crippen molar-refractivity contribution >= 4 is 17.2 Å². The van der Waals surface area contributed by atoms with Gasteiger partial charge < -0.3 is 9.73 Å². The van der Waals surface area contributed by atoms with E-state index in [2.05, 4.69) is 20.5 Å². The lowest BCUT2D eigenvalue weighted by Gasteiger charge is -2.03. The summed E-state index contributed by atoms with van der Waals surface area (Å²) in [6, 6.07) is 7.39. The molecule has 0 radical (unpaired) electrons. The van der Waals surface area contributed by atoms with E-state index in [0.29, 0.717) is 17.3 Å². The second-order valence-electron chi connectivity index (χ2n) is 4.82. The average Bonchev–Trinajstić information content (AvgIpc) is 3.13. The molecule has 0 saturated heterocycles. The van der Waals surface area contributed by atoms with E-state index < -0.39 is 0 Å². The Labute approximate surface area is 131 Å². The van der Waals surface area contributed by atoms with Crippen LogP contribution >= 0.6 is 11.3 Å². The molecule has 7 heteroatoms. The Balaban J connectivity index is 1.66. The smallest absolute Gasteiger partial charge is 0.259 e. The van der Waals surface area contributed by atoms with Gasteiger partial charge in [-0.2, -0.15) is 0 Å². The van der Waals surface area contributed by atoms with Gasteiger partial charge in [0.2, 0.25) is 5.89 Å². The Morgan fingerprint density at radius 1 is 1.32 bits per heavy atom. The zero-order valence-electron chi connectivity index (χ0n) is 12.2. The lowest BCUT2D eigenvalue weighted by molar-refractivity contribution is 0.0947. The summed E-state index contributed by atoms with van der Waals surface area (Å²) >= 11 is 1.44. The monoisotopic (exact) mass is 314 g/mol. The molecule has 0 unspecified atom stereocenters. The van der Waals surface area contributed by atoms with Crippen LogP contribution in [0, 0.1) is 13.8 Å². The molecular formula is C15H14N4O2S. The third-order valence-corrected chi connectivity index (χ3v) is 4.00. The lowest BCUT2D eigenvalue weighted by atomic mass is 10.1. The summed E-state index contributed by atoms with van der Waals surface area (Å²) in [4.78, 5) is 17.0. The van der Waals surface area contributed by atoms with Crippen LogP contribution in [0.3, 0.4) is 0 Å². The number of thiazole rings is 1. The van der Waals surface area contributed by atoms with E-state index in [-0.39, 0.29) is 12.5 Å². The van der Waals surface area contributed by atoms with Gasteiger partial charge in [-0.15, -0.1) is 21.5 Å². The van der Waals surface area contributed by atoms with Crippen molar-refractivity contribution in [2.24, 2.45) is 0 Å². The number of carbonyl (C=O) groups excluding carboxylic acids is 1. The fraction of sp³-hybridized carbons (Fsp3) is 0.200. The van der Waals surface area contributed by atoms with E-state index in [9.17, 15) is 4.79 Å². The quantitative estimate of drug-likeness (QED) is 0.801. The molecule has 0 aliphatic rings. The van der Waals surface area contributed by atoms with Crippen LogP contribution in [-0.4, -0.2) is 21.1 Å². The van der Waals surface area contributed by atoms with Crippen molar-refractivity contribution in [1.82, 2.24) is 20.5 Å². The van der Waals surface area contributed by atoms with E-state index in [1.807, 2.05) is 32.0 Å². The number of aromatic nitrogens is 3. The molecule has 112 valence electrons. The highest BCUT2D eigenvalue weighted by molar-refractivity contribution is 7.13. The fourth-order valence-electron chi connectivity index (χ4n) is 1.97. The van der Waals surface area contributed by atoms with Crippen molar-refractivity contribution in [3.05, 3.63) is 52.5 Å². The molecule has 6 nitrogen and oxygen atoms in total. The van der Waals surface area contributed by atoms with Gasteiger partial charge in [-0.25, -0.2) is 4.98 Å². The molecule has 1 N–H and O–H groups in total. The maximum Gasteiger partial charge on any atom is 0.259 e. The molecule has 0 fully saturated rings. The summed E-state index contributed by atoms with van der Waals surface area (Å²) in [5, 5.41) is 10.7. The first-order chi connectivity index (χ1) is 10.6. The molecule has 0 atom stereocenters.